The Morgan fingerprint density at radius 2 is 2.10 bits per heavy atom. The minimum Gasteiger partial charge on any atom is -0.393 e. The zero-order valence-corrected chi connectivity index (χ0v) is 6.45. The van der Waals surface area contributed by atoms with Gasteiger partial charge in [-0.15, -0.1) is 0 Å². The van der Waals surface area contributed by atoms with Crippen LogP contribution in [0.25, 0.3) is 0 Å². The lowest BCUT2D eigenvalue weighted by atomic mass is 9.72. The van der Waals surface area contributed by atoms with E-state index in [4.69, 9.17) is 0 Å². The van der Waals surface area contributed by atoms with E-state index in [1.165, 1.54) is 12.8 Å². The lowest BCUT2D eigenvalue weighted by Crippen LogP contribution is -2.55. The summed E-state index contributed by atoms with van der Waals surface area (Å²) in [5.41, 5.74) is 0. The number of hydrogen-bond acceptors (Lipinski definition) is 2. The summed E-state index contributed by atoms with van der Waals surface area (Å²) in [4.78, 5) is 2.39. The number of aliphatic hydroxyl groups is 1. The minimum atomic E-state index is 0.00921. The molecule has 0 bridgehead atoms. The van der Waals surface area contributed by atoms with Crippen molar-refractivity contribution in [1.29, 1.82) is 0 Å². The third-order valence-electron chi connectivity index (χ3n) is 3.13. The zero-order valence-electron chi connectivity index (χ0n) is 6.45. The van der Waals surface area contributed by atoms with Gasteiger partial charge in [0.25, 0.3) is 0 Å². The highest BCUT2D eigenvalue weighted by Crippen LogP contribution is 2.38. The Labute approximate surface area is 61.8 Å². The van der Waals surface area contributed by atoms with Crippen LogP contribution in [0.1, 0.15) is 19.3 Å². The van der Waals surface area contributed by atoms with Gasteiger partial charge in [0.05, 0.1) is 6.10 Å². The van der Waals surface area contributed by atoms with Crippen LogP contribution in [0.3, 0.4) is 0 Å². The lowest BCUT2D eigenvalue weighted by molar-refractivity contribution is -0.0578. The van der Waals surface area contributed by atoms with Crippen molar-refractivity contribution in [3.05, 3.63) is 0 Å². The van der Waals surface area contributed by atoms with Gasteiger partial charge in [0, 0.05) is 18.5 Å². The summed E-state index contributed by atoms with van der Waals surface area (Å²) in [5.74, 6) is 0.610. The summed E-state index contributed by atoms with van der Waals surface area (Å²) in [6, 6.07) is 0.712. The first-order valence-electron chi connectivity index (χ1n) is 4.17. The summed E-state index contributed by atoms with van der Waals surface area (Å²) in [5, 5.41) is 9.49. The van der Waals surface area contributed by atoms with Crippen molar-refractivity contribution in [3.8, 4) is 0 Å². The maximum Gasteiger partial charge on any atom is 0.0595 e. The molecule has 2 nitrogen and oxygen atoms in total. The first-order chi connectivity index (χ1) is 4.79. The van der Waals surface area contributed by atoms with Gasteiger partial charge in [-0.3, -0.25) is 0 Å². The van der Waals surface area contributed by atoms with Gasteiger partial charge < -0.3 is 10.0 Å². The van der Waals surface area contributed by atoms with Crippen molar-refractivity contribution in [1.82, 2.24) is 4.90 Å². The third-order valence-corrected chi connectivity index (χ3v) is 3.13. The van der Waals surface area contributed by atoms with Gasteiger partial charge in [0.2, 0.25) is 0 Å². The van der Waals surface area contributed by atoms with Crippen LogP contribution in [0.4, 0.5) is 0 Å². The van der Waals surface area contributed by atoms with E-state index < -0.39 is 0 Å². The van der Waals surface area contributed by atoms with E-state index in [-0.39, 0.29) is 6.10 Å². The third kappa shape index (κ3) is 0.789. The quantitative estimate of drug-likeness (QED) is 0.530. The molecule has 0 aromatic carbocycles. The van der Waals surface area contributed by atoms with Gasteiger partial charge in [0.15, 0.2) is 0 Å². The Bertz CT molecular complexity index is 121. The second kappa shape index (κ2) is 2.21. The number of nitrogens with zero attached hydrogens (tertiary/aromatic N) is 1. The van der Waals surface area contributed by atoms with Crippen LogP contribution < -0.4 is 0 Å². The predicted octanol–water partition coefficient (Wildman–Crippen LogP) is 0.461. The molecule has 0 spiro atoms. The Morgan fingerprint density at radius 1 is 1.30 bits per heavy atom. The molecule has 10 heavy (non-hydrogen) atoms. The van der Waals surface area contributed by atoms with Crippen molar-refractivity contribution >= 4 is 0 Å². The summed E-state index contributed by atoms with van der Waals surface area (Å²) < 4.78 is 0. The molecule has 2 fully saturated rings. The summed E-state index contributed by atoms with van der Waals surface area (Å²) >= 11 is 0. The Morgan fingerprint density at radius 3 is 2.60 bits per heavy atom. The molecule has 1 saturated carbocycles. The number of piperidine rings is 1. The van der Waals surface area contributed by atoms with Crippen LogP contribution in [0.15, 0.2) is 0 Å². The van der Waals surface area contributed by atoms with E-state index in [1.807, 2.05) is 0 Å². The number of aliphatic hydroxyl groups excluding tert-OH is 1. The maximum atomic E-state index is 9.49. The fraction of sp³-hybridized carbons (Fsp3) is 1.00. The second-order valence-electron chi connectivity index (χ2n) is 3.65. The van der Waals surface area contributed by atoms with Crippen LogP contribution in [-0.4, -0.2) is 35.7 Å². The van der Waals surface area contributed by atoms with Gasteiger partial charge in [-0.25, -0.2) is 0 Å². The van der Waals surface area contributed by atoms with E-state index in [1.54, 1.807) is 0 Å². The molecule has 0 aromatic rings. The number of rotatable bonds is 0. The molecular formula is C8H15NO. The van der Waals surface area contributed by atoms with E-state index >= 15 is 0 Å². The average Bonchev–Trinajstić information content (AvgIpc) is 1.78. The molecule has 1 saturated heterocycles. The van der Waals surface area contributed by atoms with E-state index in [9.17, 15) is 5.11 Å². The Balaban J connectivity index is 2.02. The standard InChI is InChI=1S/C8H15NO/c1-9-5-4-8(10)6-2-3-7(6)9/h6-8,10H,2-5H2,1H3. The number of likely N-dealkylation sites (tertiary alicyclic amines) is 1. The Hall–Kier alpha value is -0.0800. The average molecular weight is 141 g/mol. The molecule has 58 valence electrons. The molecule has 3 unspecified atom stereocenters. The van der Waals surface area contributed by atoms with Gasteiger partial charge in [-0.1, -0.05) is 0 Å². The molecule has 0 amide bonds. The molecule has 1 N–H and O–H groups in total. The largest absolute Gasteiger partial charge is 0.393 e. The summed E-state index contributed by atoms with van der Waals surface area (Å²) in [6.07, 6.45) is 3.54. The first kappa shape index (κ1) is 6.62. The normalized spacial score (nSPS) is 48.0. The highest BCUT2D eigenvalue weighted by atomic mass is 16.3. The summed E-state index contributed by atoms with van der Waals surface area (Å²) in [6.45, 7) is 1.09. The summed E-state index contributed by atoms with van der Waals surface area (Å²) in [7, 11) is 2.17. The van der Waals surface area contributed by atoms with Crippen LogP contribution >= 0.6 is 0 Å². The molecule has 2 aliphatic rings. The van der Waals surface area contributed by atoms with E-state index in [2.05, 4.69) is 11.9 Å². The highest BCUT2D eigenvalue weighted by molar-refractivity contribution is 4.95. The first-order valence-corrected chi connectivity index (χ1v) is 4.17. The predicted molar refractivity (Wildman–Crippen MR) is 39.8 cm³/mol. The van der Waals surface area contributed by atoms with Gasteiger partial charge >= 0.3 is 0 Å². The van der Waals surface area contributed by atoms with Crippen molar-refractivity contribution in [2.24, 2.45) is 5.92 Å². The molecule has 3 atom stereocenters. The van der Waals surface area contributed by atoms with E-state index in [0.29, 0.717) is 12.0 Å². The van der Waals surface area contributed by atoms with E-state index in [0.717, 1.165) is 13.0 Å². The zero-order chi connectivity index (χ0) is 7.14. The van der Waals surface area contributed by atoms with Crippen LogP contribution in [-0.2, 0) is 0 Å². The monoisotopic (exact) mass is 141 g/mol. The van der Waals surface area contributed by atoms with Gasteiger partial charge in [-0.2, -0.15) is 0 Å². The van der Waals surface area contributed by atoms with Crippen LogP contribution in [0.2, 0.25) is 0 Å². The van der Waals surface area contributed by atoms with Crippen LogP contribution in [0, 0.1) is 5.92 Å². The molecule has 1 aliphatic carbocycles. The molecule has 1 aliphatic heterocycles. The van der Waals surface area contributed by atoms with Gasteiger partial charge in [-0.05, 0) is 26.3 Å². The minimum absolute atomic E-state index is 0.00921. The van der Waals surface area contributed by atoms with Gasteiger partial charge in [0.1, 0.15) is 0 Å². The van der Waals surface area contributed by atoms with Crippen molar-refractivity contribution in [2.45, 2.75) is 31.4 Å². The number of hydrogen-bond donors (Lipinski definition) is 1. The highest BCUT2D eigenvalue weighted by Gasteiger charge is 2.41. The smallest absolute Gasteiger partial charge is 0.0595 e. The molecule has 2 heteroatoms. The van der Waals surface area contributed by atoms with Crippen molar-refractivity contribution in [3.63, 3.8) is 0 Å². The maximum absolute atomic E-state index is 9.49. The molecule has 1 heterocycles. The molecule has 2 rings (SSSR count). The topological polar surface area (TPSA) is 23.5 Å². The molecular weight excluding hydrogens is 126 g/mol. The lowest BCUT2D eigenvalue weighted by Gasteiger charge is -2.49. The SMILES string of the molecule is CN1CCC(O)C2CCC21. The van der Waals surface area contributed by atoms with Crippen molar-refractivity contribution in [2.75, 3.05) is 13.6 Å². The fourth-order valence-corrected chi connectivity index (χ4v) is 2.22. The van der Waals surface area contributed by atoms with Crippen molar-refractivity contribution < 1.29 is 5.11 Å². The molecule has 0 aromatic heterocycles. The Kier molecular flexibility index (Phi) is 1.46. The molecule has 0 radical (unpaired) electrons. The fourth-order valence-electron chi connectivity index (χ4n) is 2.22. The van der Waals surface area contributed by atoms with Crippen LogP contribution in [0.5, 0.6) is 0 Å². The second-order valence-corrected chi connectivity index (χ2v) is 3.65. The number of fused-ring (bicyclic) bond motifs is 1.